The van der Waals surface area contributed by atoms with E-state index >= 15 is 0 Å². The molecule has 1 aliphatic rings. The normalized spacial score (nSPS) is 15.9. The predicted octanol–water partition coefficient (Wildman–Crippen LogP) is 1.89. The van der Waals surface area contributed by atoms with Gasteiger partial charge >= 0.3 is 10.2 Å². The zero-order valence-corrected chi connectivity index (χ0v) is 13.1. The lowest BCUT2D eigenvalue weighted by Gasteiger charge is -2.21. The summed E-state index contributed by atoms with van der Waals surface area (Å²) >= 11 is 0. The van der Waals surface area contributed by atoms with Crippen molar-refractivity contribution in [2.75, 3.05) is 28.7 Å². The fraction of sp³-hybridized carbons (Fsp3) is 0.267. The van der Waals surface area contributed by atoms with Crippen LogP contribution in [0.15, 0.2) is 48.7 Å². The van der Waals surface area contributed by atoms with Crippen molar-refractivity contribution < 1.29 is 8.42 Å². The fourth-order valence-electron chi connectivity index (χ4n) is 2.53. The molecule has 0 fully saturated rings. The van der Waals surface area contributed by atoms with E-state index in [9.17, 15) is 8.42 Å². The summed E-state index contributed by atoms with van der Waals surface area (Å²) < 4.78 is 28.6. The Hall–Kier alpha value is -2.12. The largest absolute Gasteiger partial charge is 0.332 e. The Labute approximate surface area is 130 Å². The predicted molar refractivity (Wildman–Crippen MR) is 87.6 cm³/mol. The molecule has 0 spiro atoms. The van der Waals surface area contributed by atoms with Gasteiger partial charge in [0.15, 0.2) is 5.82 Å². The molecule has 0 radical (unpaired) electrons. The minimum atomic E-state index is -3.64. The van der Waals surface area contributed by atoms with Gasteiger partial charge in [0.25, 0.3) is 0 Å². The van der Waals surface area contributed by atoms with Crippen molar-refractivity contribution in [2.45, 2.75) is 6.42 Å². The first-order chi connectivity index (χ1) is 10.7. The Morgan fingerprint density at radius 2 is 1.91 bits per heavy atom. The van der Waals surface area contributed by atoms with E-state index in [2.05, 4.69) is 10.3 Å². The van der Waals surface area contributed by atoms with Crippen LogP contribution in [0.25, 0.3) is 0 Å². The first kappa shape index (κ1) is 14.8. The molecule has 1 aromatic carbocycles. The molecule has 22 heavy (non-hydrogen) atoms. The van der Waals surface area contributed by atoms with Crippen LogP contribution in [0.2, 0.25) is 0 Å². The average molecular weight is 318 g/mol. The van der Waals surface area contributed by atoms with E-state index in [1.165, 1.54) is 8.61 Å². The van der Waals surface area contributed by atoms with Gasteiger partial charge in [-0.2, -0.15) is 8.42 Å². The SMILES string of the molecule is CNCCCN1c2cccnc2N(c2ccccc2)S1(=O)=O. The minimum Gasteiger partial charge on any atom is -0.320 e. The number of nitrogens with one attached hydrogen (secondary N) is 1. The molecule has 0 unspecified atom stereocenters. The molecule has 1 N–H and O–H groups in total. The lowest BCUT2D eigenvalue weighted by atomic mass is 10.3. The Balaban J connectivity index is 2.05. The molecule has 7 heteroatoms. The molecule has 0 aliphatic carbocycles. The number of aromatic nitrogens is 1. The molecule has 3 rings (SSSR count). The molecule has 1 aromatic heterocycles. The van der Waals surface area contributed by atoms with E-state index in [0.717, 1.165) is 13.0 Å². The number of hydrogen-bond donors (Lipinski definition) is 1. The van der Waals surface area contributed by atoms with Crippen LogP contribution in [0.5, 0.6) is 0 Å². The van der Waals surface area contributed by atoms with Gasteiger partial charge in [-0.3, -0.25) is 0 Å². The lowest BCUT2D eigenvalue weighted by Crippen LogP contribution is -2.36. The average Bonchev–Trinajstić information content (AvgIpc) is 2.75. The maximum absolute atomic E-state index is 12.9. The number of anilines is 3. The Morgan fingerprint density at radius 1 is 1.14 bits per heavy atom. The molecule has 6 nitrogen and oxygen atoms in total. The quantitative estimate of drug-likeness (QED) is 0.855. The molecule has 0 bridgehead atoms. The second-order valence-corrected chi connectivity index (χ2v) is 6.68. The lowest BCUT2D eigenvalue weighted by molar-refractivity contribution is 0.591. The van der Waals surface area contributed by atoms with Crippen LogP contribution in [0.1, 0.15) is 6.42 Å². The van der Waals surface area contributed by atoms with Crippen molar-refractivity contribution in [3.8, 4) is 0 Å². The van der Waals surface area contributed by atoms with Crippen LogP contribution in [-0.4, -0.2) is 33.5 Å². The molecule has 0 saturated carbocycles. The van der Waals surface area contributed by atoms with Gasteiger partial charge in [0.1, 0.15) is 0 Å². The van der Waals surface area contributed by atoms with Crippen LogP contribution < -0.4 is 13.9 Å². The molecular weight excluding hydrogens is 300 g/mol. The van der Waals surface area contributed by atoms with Crippen LogP contribution in [0.4, 0.5) is 17.2 Å². The van der Waals surface area contributed by atoms with Gasteiger partial charge in [-0.05, 0) is 44.3 Å². The van der Waals surface area contributed by atoms with E-state index in [0.29, 0.717) is 23.7 Å². The third kappa shape index (κ3) is 2.42. The molecule has 0 atom stereocenters. The highest BCUT2D eigenvalue weighted by Crippen LogP contribution is 2.43. The first-order valence-corrected chi connectivity index (χ1v) is 8.53. The minimum absolute atomic E-state index is 0.422. The van der Waals surface area contributed by atoms with Crippen LogP contribution >= 0.6 is 0 Å². The van der Waals surface area contributed by atoms with Crippen LogP contribution in [0.3, 0.4) is 0 Å². The molecule has 1 aliphatic heterocycles. The van der Waals surface area contributed by atoms with E-state index in [-0.39, 0.29) is 0 Å². The van der Waals surface area contributed by atoms with E-state index in [1.54, 1.807) is 30.5 Å². The highest BCUT2D eigenvalue weighted by molar-refractivity contribution is 7.95. The monoisotopic (exact) mass is 318 g/mol. The molecular formula is C15H18N4O2S. The summed E-state index contributed by atoms with van der Waals surface area (Å²) in [5.74, 6) is 0.457. The summed E-state index contributed by atoms with van der Waals surface area (Å²) in [5.41, 5.74) is 1.22. The maximum Gasteiger partial charge on any atom is 0.332 e. The molecule has 2 aromatic rings. The Kier molecular flexibility index (Phi) is 4.00. The second kappa shape index (κ2) is 5.94. The van der Waals surface area contributed by atoms with E-state index < -0.39 is 10.2 Å². The number of pyridine rings is 1. The van der Waals surface area contributed by atoms with E-state index in [1.807, 2.05) is 25.2 Å². The summed E-state index contributed by atoms with van der Waals surface area (Å²) in [5, 5.41) is 3.04. The summed E-state index contributed by atoms with van der Waals surface area (Å²) in [6.45, 7) is 1.18. The highest BCUT2D eigenvalue weighted by atomic mass is 32.2. The molecule has 0 saturated heterocycles. The zero-order chi connectivity index (χ0) is 15.6. The van der Waals surface area contributed by atoms with Gasteiger partial charge in [0.05, 0.1) is 11.4 Å². The fourth-order valence-corrected chi connectivity index (χ4v) is 4.22. The summed E-state index contributed by atoms with van der Waals surface area (Å²) in [7, 11) is -1.79. The smallest absolute Gasteiger partial charge is 0.320 e. The van der Waals surface area contributed by atoms with Crippen molar-refractivity contribution in [3.05, 3.63) is 48.7 Å². The van der Waals surface area contributed by atoms with Crippen LogP contribution in [-0.2, 0) is 10.2 Å². The number of hydrogen-bond acceptors (Lipinski definition) is 4. The number of para-hydroxylation sites is 1. The van der Waals surface area contributed by atoms with Crippen molar-refractivity contribution in [1.82, 2.24) is 10.3 Å². The first-order valence-electron chi connectivity index (χ1n) is 7.14. The molecule has 2 heterocycles. The van der Waals surface area contributed by atoms with Crippen molar-refractivity contribution in [3.63, 3.8) is 0 Å². The zero-order valence-electron chi connectivity index (χ0n) is 12.3. The number of rotatable bonds is 5. The third-order valence-corrected chi connectivity index (χ3v) is 5.30. The Bertz CT molecular complexity index is 749. The highest BCUT2D eigenvalue weighted by Gasteiger charge is 2.41. The second-order valence-electron chi connectivity index (χ2n) is 4.98. The van der Waals surface area contributed by atoms with Crippen molar-refractivity contribution in [2.24, 2.45) is 0 Å². The van der Waals surface area contributed by atoms with Gasteiger partial charge in [0.2, 0.25) is 0 Å². The summed E-state index contributed by atoms with van der Waals surface area (Å²) in [4.78, 5) is 4.28. The van der Waals surface area contributed by atoms with Crippen LogP contribution in [0, 0.1) is 0 Å². The number of fused-ring (bicyclic) bond motifs is 1. The third-order valence-electron chi connectivity index (χ3n) is 3.52. The molecule has 0 amide bonds. The van der Waals surface area contributed by atoms with Crippen molar-refractivity contribution >= 4 is 27.4 Å². The van der Waals surface area contributed by atoms with E-state index in [4.69, 9.17) is 0 Å². The standard InChI is InChI=1S/C15H18N4O2S/c1-16-10-6-12-18-14-9-5-11-17-15(14)19(22(18,20)21)13-7-3-2-4-8-13/h2-5,7-9,11,16H,6,10,12H2,1H3. The number of nitrogens with zero attached hydrogens (tertiary/aromatic N) is 3. The number of benzene rings is 1. The van der Waals surface area contributed by atoms with Gasteiger partial charge in [-0.15, -0.1) is 0 Å². The van der Waals surface area contributed by atoms with Gasteiger partial charge < -0.3 is 5.32 Å². The Morgan fingerprint density at radius 3 is 2.64 bits per heavy atom. The molecule has 116 valence electrons. The van der Waals surface area contributed by atoms with Gasteiger partial charge in [0, 0.05) is 12.7 Å². The summed E-state index contributed by atoms with van der Waals surface area (Å²) in [6, 6.07) is 12.6. The summed E-state index contributed by atoms with van der Waals surface area (Å²) in [6.07, 6.45) is 2.34. The van der Waals surface area contributed by atoms with Crippen molar-refractivity contribution in [1.29, 1.82) is 0 Å². The van der Waals surface area contributed by atoms with Gasteiger partial charge in [-0.25, -0.2) is 13.6 Å². The van der Waals surface area contributed by atoms with Gasteiger partial charge in [-0.1, -0.05) is 18.2 Å². The maximum atomic E-state index is 12.9. The topological polar surface area (TPSA) is 65.5 Å².